The summed E-state index contributed by atoms with van der Waals surface area (Å²) < 4.78 is 5.63. The molecular weight excluding hydrogens is 254 g/mol. The Morgan fingerprint density at radius 3 is 2.89 bits per heavy atom. The Hall–Kier alpha value is -1.92. The molecule has 0 aliphatic carbocycles. The molecule has 2 heterocycles. The van der Waals surface area contributed by atoms with Gasteiger partial charge in [0.05, 0.1) is 16.8 Å². The fourth-order valence-corrected chi connectivity index (χ4v) is 1.65. The molecule has 0 saturated carbocycles. The quantitative estimate of drug-likeness (QED) is 0.651. The Kier molecular flexibility index (Phi) is 3.91. The minimum atomic E-state index is 0.435. The number of nitrogens with two attached hydrogens (primary N) is 1. The van der Waals surface area contributed by atoms with Gasteiger partial charge >= 0.3 is 0 Å². The standard InChI is InChI=1S/C11H12ClN5O/c1-2-9-10(17-13)15-6-16-11(9)18-8-3-7(12)4-14-5-8/h3-6H,2,13H2,1H3,(H,15,16,17). The number of nitrogens with one attached hydrogen (secondary N) is 1. The second kappa shape index (κ2) is 5.61. The fourth-order valence-electron chi connectivity index (χ4n) is 1.49. The van der Waals surface area contributed by atoms with Crippen LogP contribution >= 0.6 is 11.6 Å². The number of nitrogens with zero attached hydrogens (tertiary/aromatic N) is 3. The van der Waals surface area contributed by atoms with Gasteiger partial charge in [0.2, 0.25) is 5.88 Å². The van der Waals surface area contributed by atoms with Gasteiger partial charge in [-0.2, -0.15) is 0 Å². The van der Waals surface area contributed by atoms with Crippen LogP contribution in [0.3, 0.4) is 0 Å². The van der Waals surface area contributed by atoms with Gasteiger partial charge in [-0.25, -0.2) is 15.8 Å². The van der Waals surface area contributed by atoms with Crippen molar-refractivity contribution in [2.45, 2.75) is 13.3 Å². The highest BCUT2D eigenvalue weighted by atomic mass is 35.5. The molecule has 94 valence electrons. The molecule has 6 nitrogen and oxygen atoms in total. The summed E-state index contributed by atoms with van der Waals surface area (Å²) in [6.07, 6.45) is 5.15. The fraction of sp³-hybridized carbons (Fsp3) is 0.182. The molecule has 2 aromatic heterocycles. The lowest BCUT2D eigenvalue weighted by molar-refractivity contribution is 0.453. The largest absolute Gasteiger partial charge is 0.437 e. The highest BCUT2D eigenvalue weighted by Crippen LogP contribution is 2.27. The molecular formula is C11H12ClN5O. The third kappa shape index (κ3) is 2.66. The number of aromatic nitrogens is 3. The van der Waals surface area contributed by atoms with Gasteiger partial charge in [-0.15, -0.1) is 0 Å². The third-order valence-corrected chi connectivity index (χ3v) is 2.50. The van der Waals surface area contributed by atoms with Crippen molar-refractivity contribution in [2.24, 2.45) is 5.84 Å². The molecule has 0 spiro atoms. The molecule has 7 heteroatoms. The lowest BCUT2D eigenvalue weighted by Gasteiger charge is -2.11. The van der Waals surface area contributed by atoms with Crippen molar-refractivity contribution in [2.75, 3.05) is 5.43 Å². The van der Waals surface area contributed by atoms with E-state index < -0.39 is 0 Å². The zero-order valence-corrected chi connectivity index (χ0v) is 10.5. The summed E-state index contributed by atoms with van der Waals surface area (Å²) in [4.78, 5) is 12.0. The van der Waals surface area contributed by atoms with E-state index in [0.29, 0.717) is 28.9 Å². The molecule has 0 fully saturated rings. The minimum absolute atomic E-state index is 0.435. The average Bonchev–Trinajstić information content (AvgIpc) is 2.38. The van der Waals surface area contributed by atoms with Gasteiger partial charge < -0.3 is 10.2 Å². The molecule has 3 N–H and O–H groups in total. The van der Waals surface area contributed by atoms with Crippen LogP contribution in [0.25, 0.3) is 0 Å². The van der Waals surface area contributed by atoms with E-state index in [0.717, 1.165) is 5.56 Å². The number of halogens is 1. The van der Waals surface area contributed by atoms with Crippen molar-refractivity contribution < 1.29 is 4.74 Å². The first-order valence-electron chi connectivity index (χ1n) is 5.33. The van der Waals surface area contributed by atoms with Gasteiger partial charge in [0.25, 0.3) is 0 Å². The molecule has 0 atom stereocenters. The van der Waals surface area contributed by atoms with Gasteiger partial charge in [-0.1, -0.05) is 18.5 Å². The normalized spacial score (nSPS) is 10.2. The predicted molar refractivity (Wildman–Crippen MR) is 68.5 cm³/mol. The summed E-state index contributed by atoms with van der Waals surface area (Å²) in [6.45, 7) is 1.96. The highest BCUT2D eigenvalue weighted by molar-refractivity contribution is 6.30. The maximum Gasteiger partial charge on any atom is 0.227 e. The molecule has 18 heavy (non-hydrogen) atoms. The molecule has 0 aromatic carbocycles. The summed E-state index contributed by atoms with van der Waals surface area (Å²) in [7, 11) is 0. The smallest absolute Gasteiger partial charge is 0.227 e. The van der Waals surface area contributed by atoms with Crippen LogP contribution in [0, 0.1) is 0 Å². The summed E-state index contributed by atoms with van der Waals surface area (Å²) in [5, 5.41) is 0.497. The number of hydrazine groups is 1. The average molecular weight is 266 g/mol. The van der Waals surface area contributed by atoms with Crippen LogP contribution in [0.1, 0.15) is 12.5 Å². The lowest BCUT2D eigenvalue weighted by atomic mass is 10.2. The number of nitrogen functional groups attached to an aromatic ring is 1. The zero-order chi connectivity index (χ0) is 13.0. The lowest BCUT2D eigenvalue weighted by Crippen LogP contribution is -2.12. The van der Waals surface area contributed by atoms with Gasteiger partial charge in [0, 0.05) is 12.3 Å². The number of anilines is 1. The topological polar surface area (TPSA) is 86.0 Å². The monoisotopic (exact) mass is 265 g/mol. The first-order chi connectivity index (χ1) is 8.74. The summed E-state index contributed by atoms with van der Waals surface area (Å²) >= 11 is 5.84. The molecule has 0 amide bonds. The van der Waals surface area contributed by atoms with E-state index in [1.165, 1.54) is 12.5 Å². The molecule has 2 rings (SSSR count). The summed E-state index contributed by atoms with van der Waals surface area (Å²) in [5.74, 6) is 6.87. The Morgan fingerprint density at radius 2 is 2.22 bits per heavy atom. The van der Waals surface area contributed by atoms with Gasteiger partial charge in [0.1, 0.15) is 17.9 Å². The number of pyridine rings is 1. The molecule has 2 aromatic rings. The summed E-state index contributed by atoms with van der Waals surface area (Å²) in [5.41, 5.74) is 3.30. The van der Waals surface area contributed by atoms with E-state index in [4.69, 9.17) is 22.2 Å². The van der Waals surface area contributed by atoms with Crippen molar-refractivity contribution in [1.82, 2.24) is 15.0 Å². The van der Waals surface area contributed by atoms with E-state index >= 15 is 0 Å². The molecule has 0 aliphatic rings. The van der Waals surface area contributed by atoms with Gasteiger partial charge in [-0.3, -0.25) is 4.98 Å². The molecule has 0 saturated heterocycles. The minimum Gasteiger partial charge on any atom is -0.437 e. The van der Waals surface area contributed by atoms with Crippen LogP contribution < -0.4 is 16.0 Å². The van der Waals surface area contributed by atoms with Crippen molar-refractivity contribution in [3.05, 3.63) is 35.4 Å². The van der Waals surface area contributed by atoms with E-state index in [9.17, 15) is 0 Å². The van der Waals surface area contributed by atoms with Crippen molar-refractivity contribution in [3.63, 3.8) is 0 Å². The van der Waals surface area contributed by atoms with Gasteiger partial charge in [-0.05, 0) is 6.42 Å². The second-order valence-electron chi connectivity index (χ2n) is 3.44. The highest BCUT2D eigenvalue weighted by Gasteiger charge is 2.11. The van der Waals surface area contributed by atoms with Crippen LogP contribution in [0.15, 0.2) is 24.8 Å². The van der Waals surface area contributed by atoms with Crippen molar-refractivity contribution >= 4 is 17.4 Å². The van der Waals surface area contributed by atoms with Crippen LogP contribution in [-0.4, -0.2) is 15.0 Å². The maximum absolute atomic E-state index is 5.84. The molecule has 0 radical (unpaired) electrons. The first kappa shape index (κ1) is 12.5. The number of ether oxygens (including phenoxy) is 1. The van der Waals surface area contributed by atoms with Crippen LogP contribution in [0.2, 0.25) is 5.02 Å². The second-order valence-corrected chi connectivity index (χ2v) is 3.88. The van der Waals surface area contributed by atoms with E-state index in [2.05, 4.69) is 20.4 Å². The van der Waals surface area contributed by atoms with Gasteiger partial charge in [0.15, 0.2) is 0 Å². The van der Waals surface area contributed by atoms with Crippen LogP contribution in [0.4, 0.5) is 5.82 Å². The van der Waals surface area contributed by atoms with Crippen molar-refractivity contribution in [1.29, 1.82) is 0 Å². The molecule has 0 unspecified atom stereocenters. The predicted octanol–water partition coefficient (Wildman–Crippen LogP) is 2.17. The summed E-state index contributed by atoms with van der Waals surface area (Å²) in [6, 6.07) is 1.66. The number of hydrogen-bond acceptors (Lipinski definition) is 6. The maximum atomic E-state index is 5.84. The number of rotatable bonds is 4. The zero-order valence-electron chi connectivity index (χ0n) is 9.72. The molecule has 0 bridgehead atoms. The van der Waals surface area contributed by atoms with Crippen molar-refractivity contribution in [3.8, 4) is 11.6 Å². The Labute approximate surface area is 109 Å². The molecule has 0 aliphatic heterocycles. The van der Waals surface area contributed by atoms with E-state index in [1.807, 2.05) is 6.92 Å². The Balaban J connectivity index is 2.34. The Bertz CT molecular complexity index is 549. The number of hydrogen-bond donors (Lipinski definition) is 2. The SMILES string of the molecule is CCc1c(NN)ncnc1Oc1cncc(Cl)c1. The van der Waals surface area contributed by atoms with Crippen LogP contribution in [0.5, 0.6) is 11.6 Å². The third-order valence-electron chi connectivity index (χ3n) is 2.29. The van der Waals surface area contributed by atoms with E-state index in [-0.39, 0.29) is 0 Å². The van der Waals surface area contributed by atoms with E-state index in [1.54, 1.807) is 12.3 Å². The first-order valence-corrected chi connectivity index (χ1v) is 5.71. The Morgan fingerprint density at radius 1 is 1.39 bits per heavy atom. The van der Waals surface area contributed by atoms with Crippen LogP contribution in [-0.2, 0) is 6.42 Å².